The van der Waals surface area contributed by atoms with Gasteiger partial charge in [0.15, 0.2) is 0 Å². The summed E-state index contributed by atoms with van der Waals surface area (Å²) < 4.78 is 0. The van der Waals surface area contributed by atoms with E-state index in [0.29, 0.717) is 13.0 Å². The summed E-state index contributed by atoms with van der Waals surface area (Å²) in [6.45, 7) is 0.587. The molecule has 2 atom stereocenters. The van der Waals surface area contributed by atoms with E-state index < -0.39 is 18.1 Å². The van der Waals surface area contributed by atoms with Gasteiger partial charge in [0.25, 0.3) is 0 Å². The van der Waals surface area contributed by atoms with Gasteiger partial charge >= 0.3 is 5.97 Å². The molecule has 2 aliphatic rings. The van der Waals surface area contributed by atoms with Gasteiger partial charge in [-0.25, -0.2) is 4.79 Å². The number of rotatable bonds is 4. The Morgan fingerprint density at radius 2 is 1.90 bits per heavy atom. The molecular weight excluding hydrogens is 260 g/mol. The number of hydrogen-bond acceptors (Lipinski definition) is 4. The van der Waals surface area contributed by atoms with E-state index >= 15 is 0 Å². The van der Waals surface area contributed by atoms with Crippen molar-refractivity contribution in [3.05, 3.63) is 0 Å². The van der Waals surface area contributed by atoms with Gasteiger partial charge in [0.2, 0.25) is 5.91 Å². The van der Waals surface area contributed by atoms with Crippen LogP contribution in [0.1, 0.15) is 44.9 Å². The molecule has 4 N–H and O–H groups in total. The second kappa shape index (κ2) is 6.10. The van der Waals surface area contributed by atoms with Gasteiger partial charge < -0.3 is 20.8 Å². The molecule has 0 bridgehead atoms. The number of carboxylic acid groups (broad SMARTS) is 1. The highest BCUT2D eigenvalue weighted by atomic mass is 16.4. The molecule has 0 aromatic carbocycles. The standard InChI is InChI=1S/C14H24N2O4/c15-9-14(4-2-1-3-5-14)7-12(18)16-8-10(17)6-11(16)13(19)20/h10-11,17H,1-9,15H2,(H,19,20). The lowest BCUT2D eigenvalue weighted by Gasteiger charge is -2.37. The summed E-state index contributed by atoms with van der Waals surface area (Å²) in [6, 6.07) is -0.893. The van der Waals surface area contributed by atoms with Crippen LogP contribution in [0.4, 0.5) is 0 Å². The summed E-state index contributed by atoms with van der Waals surface area (Å²) >= 11 is 0. The lowest BCUT2D eigenvalue weighted by Crippen LogP contribution is -2.45. The number of aliphatic hydroxyl groups is 1. The molecule has 0 spiro atoms. The Morgan fingerprint density at radius 1 is 1.25 bits per heavy atom. The number of nitrogens with two attached hydrogens (primary N) is 1. The number of aliphatic hydroxyl groups excluding tert-OH is 1. The quantitative estimate of drug-likeness (QED) is 0.690. The number of carboxylic acids is 1. The second-order valence-corrected chi connectivity index (χ2v) is 6.23. The number of amides is 1. The Kier molecular flexibility index (Phi) is 4.65. The third-order valence-corrected chi connectivity index (χ3v) is 4.76. The van der Waals surface area contributed by atoms with Crippen molar-refractivity contribution in [3.63, 3.8) is 0 Å². The molecular formula is C14H24N2O4. The average Bonchev–Trinajstić information content (AvgIpc) is 2.82. The largest absolute Gasteiger partial charge is 0.480 e. The Morgan fingerprint density at radius 3 is 2.45 bits per heavy atom. The molecule has 20 heavy (non-hydrogen) atoms. The number of aliphatic carboxylic acids is 1. The van der Waals surface area contributed by atoms with Crippen molar-refractivity contribution in [2.45, 2.75) is 57.1 Å². The molecule has 114 valence electrons. The maximum absolute atomic E-state index is 12.4. The van der Waals surface area contributed by atoms with E-state index in [1.807, 2.05) is 0 Å². The minimum Gasteiger partial charge on any atom is -0.480 e. The highest BCUT2D eigenvalue weighted by Gasteiger charge is 2.42. The van der Waals surface area contributed by atoms with E-state index in [4.69, 9.17) is 10.8 Å². The van der Waals surface area contributed by atoms with E-state index in [2.05, 4.69) is 0 Å². The summed E-state index contributed by atoms with van der Waals surface area (Å²) in [4.78, 5) is 24.9. The average molecular weight is 284 g/mol. The van der Waals surface area contributed by atoms with E-state index in [9.17, 15) is 14.7 Å². The van der Waals surface area contributed by atoms with Gasteiger partial charge in [-0.05, 0) is 24.8 Å². The number of β-amino-alcohol motifs (C(OH)–C–C–N with tert-alkyl or cyclic N) is 1. The van der Waals surface area contributed by atoms with Crippen molar-refractivity contribution in [2.75, 3.05) is 13.1 Å². The Bertz CT molecular complexity index is 379. The molecule has 2 rings (SSSR count). The number of likely N-dealkylation sites (tertiary alicyclic amines) is 1. The van der Waals surface area contributed by atoms with Crippen LogP contribution in [0.5, 0.6) is 0 Å². The van der Waals surface area contributed by atoms with Crippen LogP contribution < -0.4 is 5.73 Å². The first-order valence-electron chi connectivity index (χ1n) is 7.38. The van der Waals surface area contributed by atoms with E-state index in [1.165, 1.54) is 11.3 Å². The van der Waals surface area contributed by atoms with E-state index in [1.54, 1.807) is 0 Å². The van der Waals surface area contributed by atoms with Crippen molar-refractivity contribution in [3.8, 4) is 0 Å². The summed E-state index contributed by atoms with van der Waals surface area (Å²) in [5, 5.41) is 18.8. The second-order valence-electron chi connectivity index (χ2n) is 6.23. The van der Waals surface area contributed by atoms with Crippen molar-refractivity contribution in [1.29, 1.82) is 0 Å². The van der Waals surface area contributed by atoms with Crippen molar-refractivity contribution in [1.82, 2.24) is 4.90 Å². The summed E-state index contributed by atoms with van der Waals surface area (Å²) in [6.07, 6.45) is 4.89. The van der Waals surface area contributed by atoms with Crippen LogP contribution in [0.3, 0.4) is 0 Å². The fourth-order valence-corrected chi connectivity index (χ4v) is 3.50. The number of nitrogens with zero attached hydrogens (tertiary/aromatic N) is 1. The summed E-state index contributed by atoms with van der Waals surface area (Å²) in [5.74, 6) is -1.22. The van der Waals surface area contributed by atoms with Gasteiger partial charge in [-0.3, -0.25) is 4.79 Å². The van der Waals surface area contributed by atoms with Crippen LogP contribution in [0.15, 0.2) is 0 Å². The highest BCUT2D eigenvalue weighted by molar-refractivity contribution is 5.84. The van der Waals surface area contributed by atoms with Crippen LogP contribution in [-0.4, -0.2) is 52.2 Å². The molecule has 1 aliphatic carbocycles. The Hall–Kier alpha value is -1.14. The maximum atomic E-state index is 12.4. The van der Waals surface area contributed by atoms with E-state index in [0.717, 1.165) is 25.7 Å². The topological polar surface area (TPSA) is 104 Å². The zero-order valence-corrected chi connectivity index (χ0v) is 11.8. The van der Waals surface area contributed by atoms with Crippen LogP contribution >= 0.6 is 0 Å². The molecule has 2 fully saturated rings. The minimum atomic E-state index is -1.04. The van der Waals surface area contributed by atoms with Crippen LogP contribution in [0.2, 0.25) is 0 Å². The zero-order valence-electron chi connectivity index (χ0n) is 11.8. The predicted molar refractivity (Wildman–Crippen MR) is 73.0 cm³/mol. The molecule has 1 aliphatic heterocycles. The van der Waals surface area contributed by atoms with Crippen molar-refractivity contribution >= 4 is 11.9 Å². The molecule has 6 nitrogen and oxygen atoms in total. The molecule has 0 aromatic rings. The fourth-order valence-electron chi connectivity index (χ4n) is 3.50. The number of carbonyl (C=O) groups excluding carboxylic acids is 1. The maximum Gasteiger partial charge on any atom is 0.326 e. The van der Waals surface area contributed by atoms with Crippen LogP contribution in [0, 0.1) is 5.41 Å². The normalized spacial score (nSPS) is 29.4. The van der Waals surface area contributed by atoms with Crippen molar-refractivity contribution in [2.24, 2.45) is 11.1 Å². The van der Waals surface area contributed by atoms with Gasteiger partial charge in [-0.15, -0.1) is 0 Å². The third kappa shape index (κ3) is 3.12. The van der Waals surface area contributed by atoms with E-state index in [-0.39, 0.29) is 24.3 Å². The van der Waals surface area contributed by atoms with Gasteiger partial charge in [0.05, 0.1) is 6.10 Å². The molecule has 0 radical (unpaired) electrons. The Balaban J connectivity index is 2.04. The third-order valence-electron chi connectivity index (χ3n) is 4.76. The molecule has 6 heteroatoms. The first kappa shape index (κ1) is 15.3. The first-order valence-corrected chi connectivity index (χ1v) is 7.38. The fraction of sp³-hybridized carbons (Fsp3) is 0.857. The lowest BCUT2D eigenvalue weighted by atomic mass is 9.71. The van der Waals surface area contributed by atoms with Gasteiger partial charge in [0, 0.05) is 19.4 Å². The van der Waals surface area contributed by atoms with Crippen molar-refractivity contribution < 1.29 is 19.8 Å². The predicted octanol–water partition coefficient (Wildman–Crippen LogP) is 0.332. The Labute approximate surface area is 118 Å². The highest BCUT2D eigenvalue weighted by Crippen LogP contribution is 2.39. The molecule has 1 amide bonds. The number of carbonyl (C=O) groups is 2. The molecule has 2 unspecified atom stereocenters. The van der Waals surface area contributed by atoms with Gasteiger partial charge in [0.1, 0.15) is 6.04 Å². The van der Waals surface area contributed by atoms with Crippen LogP contribution in [-0.2, 0) is 9.59 Å². The summed E-state index contributed by atoms with van der Waals surface area (Å²) in [7, 11) is 0. The lowest BCUT2D eigenvalue weighted by molar-refractivity contribution is -0.149. The van der Waals surface area contributed by atoms with Gasteiger partial charge in [-0.2, -0.15) is 0 Å². The zero-order chi connectivity index (χ0) is 14.8. The smallest absolute Gasteiger partial charge is 0.326 e. The summed E-state index contributed by atoms with van der Waals surface area (Å²) in [5.41, 5.74) is 5.70. The number of hydrogen-bond donors (Lipinski definition) is 3. The van der Waals surface area contributed by atoms with Gasteiger partial charge in [-0.1, -0.05) is 19.3 Å². The molecule has 1 saturated carbocycles. The monoisotopic (exact) mass is 284 g/mol. The van der Waals surface area contributed by atoms with Crippen LogP contribution in [0.25, 0.3) is 0 Å². The molecule has 0 aromatic heterocycles. The molecule has 1 saturated heterocycles. The SMILES string of the molecule is NCC1(CC(=O)N2CC(O)CC2C(=O)O)CCCCC1. The first-order chi connectivity index (χ1) is 9.47. The minimum absolute atomic E-state index is 0.121. The molecule has 1 heterocycles.